The van der Waals surface area contributed by atoms with Crippen molar-refractivity contribution in [2.45, 2.75) is 36.8 Å². The molecule has 0 atom stereocenters. The third kappa shape index (κ3) is 6.29. The van der Waals surface area contributed by atoms with Crippen LogP contribution in [0, 0.1) is 5.92 Å². The lowest BCUT2D eigenvalue weighted by molar-refractivity contribution is -0.126. The van der Waals surface area contributed by atoms with Crippen molar-refractivity contribution < 1.29 is 17.9 Å². The van der Waals surface area contributed by atoms with Gasteiger partial charge in [-0.3, -0.25) is 4.79 Å². The molecule has 1 aromatic heterocycles. The first kappa shape index (κ1) is 23.6. The second-order valence-corrected chi connectivity index (χ2v) is 11.2. The van der Waals surface area contributed by atoms with Crippen LogP contribution in [0.4, 0.5) is 0 Å². The fraction of sp³-hybridized carbons (Fsp3) is 0.320. The Morgan fingerprint density at radius 3 is 2.18 bits per heavy atom. The summed E-state index contributed by atoms with van der Waals surface area (Å²) in [5.74, 6) is -0.177. The standard InChI is InChI=1S/C25H28N2O4S2/c28-25(23-12-14-27(15-13-23)33(29,30)24-7-4-16-32-24)26-17-20-8-10-22(11-9-20)19-31-18-21-5-2-1-3-6-21/h1-11,16,23H,12-15,17-19H2,(H,26,28). The molecule has 1 N–H and O–H groups in total. The van der Waals surface area contributed by atoms with Gasteiger partial charge in [0.05, 0.1) is 13.2 Å². The maximum atomic E-state index is 12.6. The number of carbonyl (C=O) groups is 1. The predicted molar refractivity (Wildman–Crippen MR) is 129 cm³/mol. The molecule has 0 spiro atoms. The largest absolute Gasteiger partial charge is 0.372 e. The minimum atomic E-state index is -3.44. The predicted octanol–water partition coefficient (Wildman–Crippen LogP) is 4.18. The molecule has 1 fully saturated rings. The summed E-state index contributed by atoms with van der Waals surface area (Å²) in [6.45, 7) is 2.31. The number of piperidine rings is 1. The van der Waals surface area contributed by atoms with E-state index in [4.69, 9.17) is 4.74 Å². The number of amides is 1. The summed E-state index contributed by atoms with van der Waals surface area (Å²) in [6, 6.07) is 21.4. The minimum absolute atomic E-state index is 0.0153. The number of carbonyl (C=O) groups excluding carboxylic acids is 1. The zero-order valence-corrected chi connectivity index (χ0v) is 20.0. The van der Waals surface area contributed by atoms with Crippen molar-refractivity contribution >= 4 is 27.3 Å². The van der Waals surface area contributed by atoms with Gasteiger partial charge in [-0.2, -0.15) is 4.31 Å². The van der Waals surface area contributed by atoms with Gasteiger partial charge in [0.25, 0.3) is 10.0 Å². The SMILES string of the molecule is O=C(NCc1ccc(COCc2ccccc2)cc1)C1CCN(S(=O)(=O)c2cccs2)CC1. The van der Waals surface area contributed by atoms with Crippen molar-refractivity contribution in [2.24, 2.45) is 5.92 Å². The highest BCUT2D eigenvalue weighted by atomic mass is 32.2. The molecule has 33 heavy (non-hydrogen) atoms. The number of benzene rings is 2. The molecule has 1 aliphatic rings. The molecule has 0 unspecified atom stereocenters. The van der Waals surface area contributed by atoms with Crippen LogP contribution in [0.2, 0.25) is 0 Å². The van der Waals surface area contributed by atoms with E-state index in [1.54, 1.807) is 17.5 Å². The van der Waals surface area contributed by atoms with Crippen LogP contribution in [0.15, 0.2) is 76.3 Å². The Labute approximate surface area is 199 Å². The van der Waals surface area contributed by atoms with Crippen molar-refractivity contribution in [3.8, 4) is 0 Å². The van der Waals surface area contributed by atoms with Crippen LogP contribution < -0.4 is 5.32 Å². The molecule has 2 heterocycles. The van der Waals surface area contributed by atoms with Crippen LogP contribution in [0.1, 0.15) is 29.5 Å². The Bertz CT molecular complexity index is 1120. The maximum absolute atomic E-state index is 12.6. The summed E-state index contributed by atoms with van der Waals surface area (Å²) in [7, 11) is -3.44. The summed E-state index contributed by atoms with van der Waals surface area (Å²) in [5, 5.41) is 4.76. The van der Waals surface area contributed by atoms with Gasteiger partial charge >= 0.3 is 0 Å². The highest BCUT2D eigenvalue weighted by molar-refractivity contribution is 7.91. The third-order valence-electron chi connectivity index (χ3n) is 5.78. The van der Waals surface area contributed by atoms with E-state index in [1.807, 2.05) is 54.6 Å². The van der Waals surface area contributed by atoms with Gasteiger partial charge in [0.15, 0.2) is 0 Å². The van der Waals surface area contributed by atoms with Crippen LogP contribution in [-0.2, 0) is 39.3 Å². The van der Waals surface area contributed by atoms with Gasteiger partial charge in [-0.25, -0.2) is 8.42 Å². The van der Waals surface area contributed by atoms with E-state index in [-0.39, 0.29) is 11.8 Å². The number of rotatable bonds is 9. The Morgan fingerprint density at radius 1 is 0.909 bits per heavy atom. The van der Waals surface area contributed by atoms with E-state index < -0.39 is 10.0 Å². The molecule has 0 radical (unpaired) electrons. The lowest BCUT2D eigenvalue weighted by atomic mass is 9.97. The number of hydrogen-bond acceptors (Lipinski definition) is 5. The summed E-state index contributed by atoms with van der Waals surface area (Å²) in [4.78, 5) is 12.6. The monoisotopic (exact) mass is 484 g/mol. The van der Waals surface area contributed by atoms with Crippen molar-refractivity contribution in [1.29, 1.82) is 0 Å². The normalized spacial score (nSPS) is 15.4. The van der Waals surface area contributed by atoms with Gasteiger partial charge in [-0.1, -0.05) is 60.7 Å². The second-order valence-electron chi connectivity index (χ2n) is 8.12. The summed E-state index contributed by atoms with van der Waals surface area (Å²) in [6.07, 6.45) is 1.07. The van der Waals surface area contributed by atoms with Crippen LogP contribution in [-0.4, -0.2) is 31.7 Å². The number of hydrogen-bond donors (Lipinski definition) is 1. The Balaban J connectivity index is 1.19. The summed E-state index contributed by atoms with van der Waals surface area (Å²) in [5.41, 5.74) is 3.25. The van der Waals surface area contributed by atoms with E-state index in [0.717, 1.165) is 16.7 Å². The van der Waals surface area contributed by atoms with Gasteiger partial charge in [0, 0.05) is 25.6 Å². The molecule has 1 aliphatic heterocycles. The lowest BCUT2D eigenvalue weighted by Gasteiger charge is -2.30. The molecule has 6 nitrogen and oxygen atoms in total. The Kier molecular flexibility index (Phi) is 7.93. The number of ether oxygens (including phenoxy) is 1. The van der Waals surface area contributed by atoms with Crippen LogP contribution in [0.25, 0.3) is 0 Å². The van der Waals surface area contributed by atoms with Crippen LogP contribution >= 0.6 is 11.3 Å². The molecule has 1 amide bonds. The quantitative estimate of drug-likeness (QED) is 0.494. The van der Waals surface area contributed by atoms with Gasteiger partial charge in [-0.15, -0.1) is 11.3 Å². The molecular formula is C25H28N2O4S2. The third-order valence-corrected chi connectivity index (χ3v) is 9.06. The van der Waals surface area contributed by atoms with E-state index in [2.05, 4.69) is 5.32 Å². The molecule has 1 saturated heterocycles. The highest BCUT2D eigenvalue weighted by Gasteiger charge is 2.32. The molecule has 4 rings (SSSR count). The van der Waals surface area contributed by atoms with Crippen LogP contribution in [0.3, 0.4) is 0 Å². The van der Waals surface area contributed by atoms with Crippen LogP contribution in [0.5, 0.6) is 0 Å². The molecule has 3 aromatic rings. The van der Waals surface area contributed by atoms with Crippen molar-refractivity contribution in [1.82, 2.24) is 9.62 Å². The molecule has 2 aromatic carbocycles. The maximum Gasteiger partial charge on any atom is 0.252 e. The summed E-state index contributed by atoms with van der Waals surface area (Å²) >= 11 is 1.22. The summed E-state index contributed by atoms with van der Waals surface area (Å²) < 4.78 is 32.9. The Hall–Kier alpha value is -2.52. The van der Waals surface area contributed by atoms with Gasteiger partial charge in [0.1, 0.15) is 4.21 Å². The van der Waals surface area contributed by atoms with E-state index in [1.165, 1.54) is 15.6 Å². The average Bonchev–Trinajstić information content (AvgIpc) is 3.40. The first-order chi connectivity index (χ1) is 16.0. The fourth-order valence-electron chi connectivity index (χ4n) is 3.84. The smallest absolute Gasteiger partial charge is 0.252 e. The van der Waals surface area contributed by atoms with E-state index in [9.17, 15) is 13.2 Å². The van der Waals surface area contributed by atoms with Crippen molar-refractivity contribution in [3.05, 3.63) is 88.8 Å². The fourth-order valence-corrected chi connectivity index (χ4v) is 6.46. The number of thiophene rings is 1. The molecule has 8 heteroatoms. The second kappa shape index (κ2) is 11.1. The first-order valence-electron chi connectivity index (χ1n) is 11.0. The number of nitrogens with one attached hydrogen (secondary N) is 1. The topological polar surface area (TPSA) is 75.7 Å². The average molecular weight is 485 g/mol. The lowest BCUT2D eigenvalue weighted by Crippen LogP contribution is -2.42. The molecule has 0 aliphatic carbocycles. The highest BCUT2D eigenvalue weighted by Crippen LogP contribution is 2.26. The molecular weight excluding hydrogens is 456 g/mol. The zero-order chi connectivity index (χ0) is 23.1. The number of sulfonamides is 1. The zero-order valence-electron chi connectivity index (χ0n) is 18.4. The van der Waals surface area contributed by atoms with Gasteiger partial charge in [0.2, 0.25) is 5.91 Å². The number of nitrogens with zero attached hydrogens (tertiary/aromatic N) is 1. The Morgan fingerprint density at radius 2 is 1.55 bits per heavy atom. The molecule has 0 bridgehead atoms. The van der Waals surface area contributed by atoms with Gasteiger partial charge < -0.3 is 10.1 Å². The van der Waals surface area contributed by atoms with Gasteiger partial charge in [-0.05, 0) is 41.0 Å². The first-order valence-corrected chi connectivity index (χ1v) is 13.4. The van der Waals surface area contributed by atoms with Crippen molar-refractivity contribution in [3.63, 3.8) is 0 Å². The molecule has 0 saturated carbocycles. The van der Waals surface area contributed by atoms with E-state index >= 15 is 0 Å². The molecule has 174 valence electrons. The van der Waals surface area contributed by atoms with Crippen molar-refractivity contribution in [2.75, 3.05) is 13.1 Å². The van der Waals surface area contributed by atoms with E-state index in [0.29, 0.717) is 49.9 Å². The minimum Gasteiger partial charge on any atom is -0.372 e.